The van der Waals surface area contributed by atoms with Crippen molar-refractivity contribution in [1.82, 2.24) is 15.2 Å². The van der Waals surface area contributed by atoms with Gasteiger partial charge in [-0.15, -0.1) is 0 Å². The van der Waals surface area contributed by atoms with Crippen molar-refractivity contribution in [3.63, 3.8) is 0 Å². The Morgan fingerprint density at radius 3 is 2.64 bits per heavy atom. The molecule has 1 aliphatic heterocycles. The minimum Gasteiger partial charge on any atom is -0.496 e. The van der Waals surface area contributed by atoms with E-state index in [1.54, 1.807) is 7.11 Å². The van der Waals surface area contributed by atoms with E-state index in [2.05, 4.69) is 63.0 Å². The maximum atomic E-state index is 5.78. The van der Waals surface area contributed by atoms with Crippen LogP contribution in [0.5, 0.6) is 5.75 Å². The van der Waals surface area contributed by atoms with E-state index in [0.29, 0.717) is 18.1 Å². The SMILES string of the molecule is COc1ccccc1CN[C@H]1CCCN(CCCCNc2nc3ccccc3o2)[C@H]1c1ccccc1. The fourth-order valence-corrected chi connectivity index (χ4v) is 5.30. The number of oxazole rings is 1. The molecule has 0 spiro atoms. The molecular formula is C30H36N4O2. The molecule has 2 heterocycles. The Bertz CT molecular complexity index is 1190. The summed E-state index contributed by atoms with van der Waals surface area (Å²) in [7, 11) is 1.74. The molecule has 0 saturated carbocycles. The average molecular weight is 485 g/mol. The Hall–Kier alpha value is -3.35. The molecule has 1 aliphatic rings. The average Bonchev–Trinajstić information content (AvgIpc) is 3.35. The van der Waals surface area contributed by atoms with Gasteiger partial charge < -0.3 is 19.8 Å². The third kappa shape index (κ3) is 5.89. The first kappa shape index (κ1) is 24.3. The van der Waals surface area contributed by atoms with Crippen LogP contribution >= 0.6 is 0 Å². The monoisotopic (exact) mass is 484 g/mol. The highest BCUT2D eigenvalue weighted by atomic mass is 16.5. The summed E-state index contributed by atoms with van der Waals surface area (Å²) in [4.78, 5) is 7.18. The highest BCUT2D eigenvalue weighted by Gasteiger charge is 2.32. The molecule has 1 saturated heterocycles. The van der Waals surface area contributed by atoms with E-state index in [1.807, 2.05) is 36.4 Å². The molecule has 1 aromatic heterocycles. The molecule has 4 aromatic rings. The molecule has 5 rings (SSSR count). The number of benzene rings is 3. The Morgan fingerprint density at radius 1 is 0.972 bits per heavy atom. The van der Waals surface area contributed by atoms with E-state index in [0.717, 1.165) is 55.9 Å². The summed E-state index contributed by atoms with van der Waals surface area (Å²) in [6, 6.07) is 28.5. The molecule has 0 bridgehead atoms. The predicted molar refractivity (Wildman–Crippen MR) is 145 cm³/mol. The quantitative estimate of drug-likeness (QED) is 0.254. The van der Waals surface area contributed by atoms with Crippen LogP contribution in [0, 0.1) is 0 Å². The number of fused-ring (bicyclic) bond motifs is 1. The number of likely N-dealkylation sites (tertiary alicyclic amines) is 1. The lowest BCUT2D eigenvalue weighted by Crippen LogP contribution is -2.48. The Labute approximate surface area is 213 Å². The van der Waals surface area contributed by atoms with Gasteiger partial charge in [-0.2, -0.15) is 4.98 Å². The molecule has 0 unspecified atom stereocenters. The van der Waals surface area contributed by atoms with Crippen LogP contribution < -0.4 is 15.4 Å². The van der Waals surface area contributed by atoms with Crippen molar-refractivity contribution >= 4 is 17.1 Å². The van der Waals surface area contributed by atoms with Gasteiger partial charge in [-0.05, 0) is 62.5 Å². The van der Waals surface area contributed by atoms with Crippen molar-refractivity contribution in [1.29, 1.82) is 0 Å². The number of aromatic nitrogens is 1. The highest BCUT2D eigenvalue weighted by Crippen LogP contribution is 2.32. The molecule has 2 atom stereocenters. The number of rotatable bonds is 11. The topological polar surface area (TPSA) is 62.6 Å². The Morgan fingerprint density at radius 2 is 1.78 bits per heavy atom. The van der Waals surface area contributed by atoms with E-state index in [9.17, 15) is 0 Å². The fourth-order valence-electron chi connectivity index (χ4n) is 5.30. The lowest BCUT2D eigenvalue weighted by atomic mass is 9.89. The summed E-state index contributed by atoms with van der Waals surface area (Å²) in [5, 5.41) is 7.22. The molecule has 0 aliphatic carbocycles. The van der Waals surface area contributed by atoms with Crippen LogP contribution in [0.25, 0.3) is 11.1 Å². The molecule has 1 fully saturated rings. The van der Waals surface area contributed by atoms with Crippen LogP contribution in [0.2, 0.25) is 0 Å². The Balaban J connectivity index is 1.18. The normalized spacial score (nSPS) is 18.4. The van der Waals surface area contributed by atoms with Gasteiger partial charge in [-0.1, -0.05) is 60.7 Å². The van der Waals surface area contributed by atoms with Crippen molar-refractivity contribution in [3.8, 4) is 5.75 Å². The lowest BCUT2D eigenvalue weighted by Gasteiger charge is -2.42. The number of hydrogen-bond acceptors (Lipinski definition) is 6. The largest absolute Gasteiger partial charge is 0.496 e. The smallest absolute Gasteiger partial charge is 0.295 e. The van der Waals surface area contributed by atoms with Crippen LogP contribution in [-0.4, -0.2) is 42.7 Å². The molecule has 6 heteroatoms. The van der Waals surface area contributed by atoms with Crippen LogP contribution in [0.3, 0.4) is 0 Å². The zero-order chi connectivity index (χ0) is 24.6. The van der Waals surface area contributed by atoms with Crippen molar-refractivity contribution in [2.24, 2.45) is 0 Å². The van der Waals surface area contributed by atoms with Gasteiger partial charge in [0, 0.05) is 24.7 Å². The number of hydrogen-bond donors (Lipinski definition) is 2. The number of nitrogens with zero attached hydrogens (tertiary/aromatic N) is 2. The first-order chi connectivity index (χ1) is 17.8. The minimum atomic E-state index is 0.361. The van der Waals surface area contributed by atoms with Crippen LogP contribution in [0.15, 0.2) is 83.3 Å². The van der Waals surface area contributed by atoms with E-state index in [-0.39, 0.29) is 0 Å². The zero-order valence-electron chi connectivity index (χ0n) is 21.0. The molecule has 0 radical (unpaired) electrons. The number of methoxy groups -OCH3 is 1. The Kier molecular flexibility index (Phi) is 8.16. The second-order valence-electron chi connectivity index (χ2n) is 9.45. The second-order valence-corrected chi connectivity index (χ2v) is 9.45. The van der Waals surface area contributed by atoms with Gasteiger partial charge >= 0.3 is 0 Å². The summed E-state index contributed by atoms with van der Waals surface area (Å²) >= 11 is 0. The summed E-state index contributed by atoms with van der Waals surface area (Å²) in [5.41, 5.74) is 4.31. The van der Waals surface area contributed by atoms with E-state index in [1.165, 1.54) is 24.0 Å². The number of nitrogens with one attached hydrogen (secondary N) is 2. The van der Waals surface area contributed by atoms with Gasteiger partial charge in [-0.25, -0.2) is 0 Å². The second kappa shape index (κ2) is 12.1. The summed E-state index contributed by atoms with van der Waals surface area (Å²) < 4.78 is 11.4. The van der Waals surface area contributed by atoms with Crippen molar-refractivity contribution < 1.29 is 9.15 Å². The molecule has 0 amide bonds. The van der Waals surface area contributed by atoms with Gasteiger partial charge in [-0.3, -0.25) is 4.90 Å². The highest BCUT2D eigenvalue weighted by molar-refractivity contribution is 5.74. The molecule has 2 N–H and O–H groups in total. The molecule has 6 nitrogen and oxygen atoms in total. The third-order valence-electron chi connectivity index (χ3n) is 7.07. The first-order valence-corrected chi connectivity index (χ1v) is 13.1. The number of para-hydroxylation sites is 3. The maximum absolute atomic E-state index is 5.78. The van der Waals surface area contributed by atoms with Crippen LogP contribution in [0.4, 0.5) is 6.01 Å². The maximum Gasteiger partial charge on any atom is 0.295 e. The number of anilines is 1. The summed E-state index contributed by atoms with van der Waals surface area (Å²) in [6.07, 6.45) is 4.56. The van der Waals surface area contributed by atoms with Gasteiger partial charge in [0.05, 0.1) is 13.2 Å². The van der Waals surface area contributed by atoms with Crippen LogP contribution in [0.1, 0.15) is 42.9 Å². The molecule has 188 valence electrons. The van der Waals surface area contributed by atoms with E-state index >= 15 is 0 Å². The minimum absolute atomic E-state index is 0.361. The van der Waals surface area contributed by atoms with Crippen LogP contribution in [-0.2, 0) is 6.54 Å². The van der Waals surface area contributed by atoms with Gasteiger partial charge in [0.1, 0.15) is 11.3 Å². The number of unbranched alkanes of at least 4 members (excludes halogenated alkanes) is 1. The van der Waals surface area contributed by atoms with Gasteiger partial charge in [0.15, 0.2) is 5.58 Å². The van der Waals surface area contributed by atoms with Gasteiger partial charge in [0.25, 0.3) is 6.01 Å². The number of ether oxygens (including phenoxy) is 1. The first-order valence-electron chi connectivity index (χ1n) is 13.1. The van der Waals surface area contributed by atoms with Crippen molar-refractivity contribution in [3.05, 3.63) is 90.0 Å². The predicted octanol–water partition coefficient (Wildman–Crippen LogP) is 6.02. The number of piperidine rings is 1. The van der Waals surface area contributed by atoms with E-state index in [4.69, 9.17) is 9.15 Å². The van der Waals surface area contributed by atoms with Crippen molar-refractivity contribution in [2.75, 3.05) is 32.1 Å². The van der Waals surface area contributed by atoms with Gasteiger partial charge in [0.2, 0.25) is 0 Å². The molecular weight excluding hydrogens is 448 g/mol. The third-order valence-corrected chi connectivity index (χ3v) is 7.07. The van der Waals surface area contributed by atoms with E-state index < -0.39 is 0 Å². The summed E-state index contributed by atoms with van der Waals surface area (Å²) in [6.45, 7) is 3.86. The zero-order valence-corrected chi connectivity index (χ0v) is 21.0. The standard InChI is InChI=1S/C30H36N4O2/c1-35-27-17-7-5-14-24(27)22-32-26-16-11-21-34(29(26)23-12-3-2-4-13-23)20-10-9-19-31-30-33-25-15-6-8-18-28(25)36-30/h2-8,12-15,17-18,26,29,32H,9-11,16,19-22H2,1H3,(H,31,33)/t26-,29-/m0/s1. The molecule has 36 heavy (non-hydrogen) atoms. The summed E-state index contributed by atoms with van der Waals surface area (Å²) in [5.74, 6) is 0.945. The fraction of sp³-hybridized carbons (Fsp3) is 0.367. The molecule has 3 aromatic carbocycles. The lowest BCUT2D eigenvalue weighted by molar-refractivity contribution is 0.109. The van der Waals surface area contributed by atoms with Crippen molar-refractivity contribution in [2.45, 2.75) is 44.3 Å².